The Kier molecular flexibility index (Phi) is 6.41. The molecular formula is C14H22BrNO. The fraction of sp³-hybridized carbons (Fsp3) is 0.571. The molecule has 0 aliphatic heterocycles. The molecule has 96 valence electrons. The number of hydrogen-bond donors (Lipinski definition) is 0. The van der Waals surface area contributed by atoms with Crippen LogP contribution in [0.25, 0.3) is 0 Å². The number of halogens is 1. The van der Waals surface area contributed by atoms with Crippen LogP contribution in [0.2, 0.25) is 0 Å². The van der Waals surface area contributed by atoms with Crippen LogP contribution in [0.5, 0.6) is 5.75 Å². The van der Waals surface area contributed by atoms with Crippen LogP contribution in [0.4, 0.5) is 5.69 Å². The van der Waals surface area contributed by atoms with Gasteiger partial charge in [0.25, 0.3) is 0 Å². The number of rotatable bonds is 7. The SMILES string of the molecule is COc1cccc(N(C)CCC(C)CCBr)c1. The Morgan fingerprint density at radius 1 is 1.35 bits per heavy atom. The van der Waals surface area contributed by atoms with Gasteiger partial charge >= 0.3 is 0 Å². The Balaban J connectivity index is 2.48. The Labute approximate surface area is 113 Å². The van der Waals surface area contributed by atoms with Gasteiger partial charge in [0.2, 0.25) is 0 Å². The van der Waals surface area contributed by atoms with Crippen LogP contribution in [-0.2, 0) is 0 Å². The Morgan fingerprint density at radius 3 is 2.76 bits per heavy atom. The summed E-state index contributed by atoms with van der Waals surface area (Å²) in [4.78, 5) is 2.28. The van der Waals surface area contributed by atoms with Gasteiger partial charge in [-0.3, -0.25) is 0 Å². The van der Waals surface area contributed by atoms with E-state index in [-0.39, 0.29) is 0 Å². The topological polar surface area (TPSA) is 12.5 Å². The van der Waals surface area contributed by atoms with Gasteiger partial charge in [0, 0.05) is 30.7 Å². The normalized spacial score (nSPS) is 12.2. The molecule has 17 heavy (non-hydrogen) atoms. The van der Waals surface area contributed by atoms with Gasteiger partial charge in [0.05, 0.1) is 7.11 Å². The van der Waals surface area contributed by atoms with Crippen molar-refractivity contribution in [3.8, 4) is 5.75 Å². The minimum atomic E-state index is 0.766. The van der Waals surface area contributed by atoms with E-state index < -0.39 is 0 Å². The van der Waals surface area contributed by atoms with E-state index in [4.69, 9.17) is 4.74 Å². The predicted molar refractivity (Wildman–Crippen MR) is 78.5 cm³/mol. The van der Waals surface area contributed by atoms with Gasteiger partial charge < -0.3 is 9.64 Å². The molecule has 0 heterocycles. The van der Waals surface area contributed by atoms with Crippen LogP contribution in [0.3, 0.4) is 0 Å². The largest absolute Gasteiger partial charge is 0.497 e. The van der Waals surface area contributed by atoms with Crippen LogP contribution in [0.15, 0.2) is 24.3 Å². The Morgan fingerprint density at radius 2 is 2.12 bits per heavy atom. The lowest BCUT2D eigenvalue weighted by Crippen LogP contribution is -2.20. The maximum Gasteiger partial charge on any atom is 0.120 e. The molecule has 0 radical (unpaired) electrons. The number of methoxy groups -OCH3 is 1. The summed E-state index contributed by atoms with van der Waals surface area (Å²) in [6.45, 7) is 3.39. The van der Waals surface area contributed by atoms with E-state index in [1.807, 2.05) is 12.1 Å². The molecular weight excluding hydrogens is 278 g/mol. The molecule has 2 nitrogen and oxygen atoms in total. The highest BCUT2D eigenvalue weighted by atomic mass is 79.9. The highest BCUT2D eigenvalue weighted by Gasteiger charge is 2.05. The number of ether oxygens (including phenoxy) is 1. The molecule has 0 saturated carbocycles. The van der Waals surface area contributed by atoms with Crippen molar-refractivity contribution in [2.75, 3.05) is 30.9 Å². The Bertz CT molecular complexity index is 330. The van der Waals surface area contributed by atoms with Gasteiger partial charge in [0.15, 0.2) is 0 Å². The van der Waals surface area contributed by atoms with Gasteiger partial charge in [-0.05, 0) is 30.9 Å². The number of hydrogen-bond acceptors (Lipinski definition) is 2. The van der Waals surface area contributed by atoms with Crippen molar-refractivity contribution in [1.29, 1.82) is 0 Å². The molecule has 0 aliphatic rings. The lowest BCUT2D eigenvalue weighted by atomic mass is 10.1. The molecule has 0 N–H and O–H groups in total. The maximum absolute atomic E-state index is 5.24. The van der Waals surface area contributed by atoms with E-state index in [1.54, 1.807) is 7.11 Å². The molecule has 0 aromatic heterocycles. The molecule has 3 heteroatoms. The first-order chi connectivity index (χ1) is 8.17. The standard InChI is InChI=1S/C14H22BrNO/c1-12(7-9-15)8-10-16(2)13-5-4-6-14(11-13)17-3/h4-6,11-12H,7-10H2,1-3H3. The molecule has 1 rings (SSSR count). The fourth-order valence-electron chi connectivity index (χ4n) is 1.72. The summed E-state index contributed by atoms with van der Waals surface area (Å²) in [5, 5.41) is 1.09. The summed E-state index contributed by atoms with van der Waals surface area (Å²) in [5.41, 5.74) is 1.22. The first-order valence-electron chi connectivity index (χ1n) is 6.08. The van der Waals surface area contributed by atoms with E-state index in [1.165, 1.54) is 18.5 Å². The number of alkyl halides is 1. The zero-order chi connectivity index (χ0) is 12.7. The number of anilines is 1. The Hall–Kier alpha value is -0.700. The van der Waals surface area contributed by atoms with Gasteiger partial charge in [-0.1, -0.05) is 28.9 Å². The fourth-order valence-corrected chi connectivity index (χ4v) is 2.50. The monoisotopic (exact) mass is 299 g/mol. The molecule has 1 atom stereocenters. The van der Waals surface area contributed by atoms with Gasteiger partial charge in [0.1, 0.15) is 5.75 Å². The summed E-state index contributed by atoms with van der Waals surface area (Å²) in [6, 6.07) is 8.21. The smallest absolute Gasteiger partial charge is 0.120 e. The van der Waals surface area contributed by atoms with E-state index >= 15 is 0 Å². The summed E-state index contributed by atoms with van der Waals surface area (Å²) < 4.78 is 5.24. The van der Waals surface area contributed by atoms with Gasteiger partial charge in [-0.25, -0.2) is 0 Å². The molecule has 0 saturated heterocycles. The minimum absolute atomic E-state index is 0.766. The van der Waals surface area contributed by atoms with Crippen molar-refractivity contribution < 1.29 is 4.74 Å². The lowest BCUT2D eigenvalue weighted by Gasteiger charge is -2.21. The number of nitrogens with zero attached hydrogens (tertiary/aromatic N) is 1. The van der Waals surface area contributed by atoms with Crippen molar-refractivity contribution in [1.82, 2.24) is 0 Å². The molecule has 1 aromatic carbocycles. The third-order valence-corrected chi connectivity index (χ3v) is 3.51. The molecule has 0 spiro atoms. The van der Waals surface area contributed by atoms with Crippen molar-refractivity contribution in [2.24, 2.45) is 5.92 Å². The van der Waals surface area contributed by atoms with Crippen LogP contribution in [0, 0.1) is 5.92 Å². The molecule has 0 amide bonds. The first-order valence-corrected chi connectivity index (χ1v) is 7.20. The highest BCUT2D eigenvalue weighted by Crippen LogP contribution is 2.21. The third-order valence-electron chi connectivity index (χ3n) is 3.05. The van der Waals surface area contributed by atoms with E-state index in [9.17, 15) is 0 Å². The van der Waals surface area contributed by atoms with E-state index in [2.05, 4.69) is 46.9 Å². The lowest BCUT2D eigenvalue weighted by molar-refractivity contribution is 0.414. The second-order valence-corrected chi connectivity index (χ2v) is 5.29. The van der Waals surface area contributed by atoms with Crippen LogP contribution in [-0.4, -0.2) is 26.0 Å². The third kappa shape index (κ3) is 4.99. The van der Waals surface area contributed by atoms with E-state index in [0.29, 0.717) is 0 Å². The first kappa shape index (κ1) is 14.4. The minimum Gasteiger partial charge on any atom is -0.497 e. The number of benzene rings is 1. The molecule has 0 bridgehead atoms. The van der Waals surface area contributed by atoms with Crippen molar-refractivity contribution in [3.63, 3.8) is 0 Å². The average molecular weight is 300 g/mol. The van der Waals surface area contributed by atoms with Crippen molar-refractivity contribution in [3.05, 3.63) is 24.3 Å². The van der Waals surface area contributed by atoms with Crippen LogP contribution < -0.4 is 9.64 Å². The summed E-state index contributed by atoms with van der Waals surface area (Å²) in [6.07, 6.45) is 2.46. The second kappa shape index (κ2) is 7.59. The second-order valence-electron chi connectivity index (χ2n) is 4.49. The molecule has 0 aliphatic carbocycles. The zero-order valence-corrected chi connectivity index (χ0v) is 12.5. The van der Waals surface area contributed by atoms with Crippen molar-refractivity contribution >= 4 is 21.6 Å². The quantitative estimate of drug-likeness (QED) is 0.707. The van der Waals surface area contributed by atoms with Crippen molar-refractivity contribution in [2.45, 2.75) is 19.8 Å². The predicted octanol–water partition coefficient (Wildman–Crippen LogP) is 3.94. The van der Waals surface area contributed by atoms with Gasteiger partial charge in [-0.2, -0.15) is 0 Å². The van der Waals surface area contributed by atoms with Gasteiger partial charge in [-0.15, -0.1) is 0 Å². The zero-order valence-electron chi connectivity index (χ0n) is 10.9. The van der Waals surface area contributed by atoms with E-state index in [0.717, 1.165) is 23.5 Å². The molecule has 1 unspecified atom stereocenters. The highest BCUT2D eigenvalue weighted by molar-refractivity contribution is 9.09. The molecule has 0 fully saturated rings. The average Bonchev–Trinajstić information content (AvgIpc) is 2.36. The summed E-state index contributed by atoms with van der Waals surface area (Å²) in [7, 11) is 3.84. The van der Waals surface area contributed by atoms with Crippen LogP contribution in [0.1, 0.15) is 19.8 Å². The maximum atomic E-state index is 5.24. The summed E-state index contributed by atoms with van der Waals surface area (Å²) >= 11 is 3.49. The van der Waals surface area contributed by atoms with Crippen LogP contribution >= 0.6 is 15.9 Å². The summed E-state index contributed by atoms with van der Waals surface area (Å²) in [5.74, 6) is 1.69. The molecule has 1 aromatic rings.